The zero-order chi connectivity index (χ0) is 30.9. The van der Waals surface area contributed by atoms with E-state index in [1.165, 1.54) is 5.56 Å². The number of anilines is 2. The third kappa shape index (κ3) is 7.08. The Balaban J connectivity index is 0.000000181. The Kier molecular flexibility index (Phi) is 10.2. The Morgan fingerprint density at radius 2 is 1.34 bits per heavy atom. The normalized spacial score (nSPS) is 16.8. The molecule has 0 bridgehead atoms. The van der Waals surface area contributed by atoms with E-state index in [0.29, 0.717) is 24.0 Å². The van der Waals surface area contributed by atoms with Gasteiger partial charge in [0.05, 0.1) is 35.1 Å². The monoisotopic (exact) mass is 644 g/mol. The lowest BCUT2D eigenvalue weighted by atomic mass is 9.85. The van der Waals surface area contributed by atoms with Crippen LogP contribution in [0.5, 0.6) is 0 Å². The fraction of sp³-hybridized carbons (Fsp3) is 0.243. The van der Waals surface area contributed by atoms with E-state index in [-0.39, 0.29) is 23.7 Å². The first-order valence-corrected chi connectivity index (χ1v) is 16.0. The van der Waals surface area contributed by atoms with E-state index in [2.05, 4.69) is 39.5 Å². The number of halogens is 1. The number of nitriles is 2. The smallest absolute Gasteiger partial charge is 0.234 e. The number of nitrogens with zero attached hydrogens (tertiary/aromatic N) is 3. The van der Waals surface area contributed by atoms with Crippen LogP contribution in [0.3, 0.4) is 0 Å². The van der Waals surface area contributed by atoms with Crippen molar-refractivity contribution < 1.29 is 9.59 Å². The number of amides is 2. The highest BCUT2D eigenvalue weighted by molar-refractivity contribution is 9.09. The molecule has 0 spiro atoms. The summed E-state index contributed by atoms with van der Waals surface area (Å²) in [6.07, 6.45) is 4.60. The summed E-state index contributed by atoms with van der Waals surface area (Å²) in [6.45, 7) is 0.747. The molecule has 0 radical (unpaired) electrons. The van der Waals surface area contributed by atoms with Crippen LogP contribution in [0.25, 0.3) is 0 Å². The predicted molar refractivity (Wildman–Crippen MR) is 177 cm³/mol. The number of unbranched alkanes of at least 4 members (excludes halogenated alkanes) is 2. The third-order valence-corrected chi connectivity index (χ3v) is 8.70. The lowest BCUT2D eigenvalue weighted by Crippen LogP contribution is -2.40. The molecule has 0 saturated heterocycles. The molecule has 2 atom stereocenters. The summed E-state index contributed by atoms with van der Waals surface area (Å²) in [5.74, 6) is -0.288. The highest BCUT2D eigenvalue weighted by atomic mass is 79.9. The number of carbonyl (C=O) groups excluding carboxylic acids is 2. The largest absolute Gasteiger partial charge is 0.325 e. The first kappa shape index (κ1) is 30.7. The third-order valence-electron chi connectivity index (χ3n) is 8.14. The van der Waals surface area contributed by atoms with E-state index >= 15 is 0 Å². The molecule has 6 nitrogen and oxygen atoms in total. The molecule has 0 aliphatic carbocycles. The summed E-state index contributed by atoms with van der Waals surface area (Å²) < 4.78 is 0. The molecule has 44 heavy (non-hydrogen) atoms. The van der Waals surface area contributed by atoms with E-state index in [1.54, 1.807) is 18.2 Å². The fourth-order valence-corrected chi connectivity index (χ4v) is 6.26. The number of benzene rings is 4. The van der Waals surface area contributed by atoms with Crippen molar-refractivity contribution in [3.63, 3.8) is 0 Å². The van der Waals surface area contributed by atoms with E-state index in [4.69, 9.17) is 10.5 Å². The van der Waals surface area contributed by atoms with Gasteiger partial charge in [0.25, 0.3) is 0 Å². The van der Waals surface area contributed by atoms with E-state index in [1.807, 2.05) is 77.7 Å². The zero-order valence-electron chi connectivity index (χ0n) is 24.4. The minimum Gasteiger partial charge on any atom is -0.325 e. The first-order chi connectivity index (χ1) is 21.5. The second kappa shape index (κ2) is 14.6. The molecule has 4 aromatic carbocycles. The van der Waals surface area contributed by atoms with Gasteiger partial charge in [-0.2, -0.15) is 10.5 Å². The average Bonchev–Trinajstić information content (AvgIpc) is 3.07. The fourth-order valence-electron chi connectivity index (χ4n) is 5.86. The number of fused-ring (bicyclic) bond motifs is 2. The highest BCUT2D eigenvalue weighted by Crippen LogP contribution is 2.36. The second-order valence-corrected chi connectivity index (χ2v) is 11.8. The van der Waals surface area contributed by atoms with Gasteiger partial charge in [0.2, 0.25) is 11.8 Å². The van der Waals surface area contributed by atoms with Gasteiger partial charge < -0.3 is 10.2 Å². The van der Waals surface area contributed by atoms with Crippen LogP contribution in [0.2, 0.25) is 0 Å². The molecule has 2 heterocycles. The maximum absolute atomic E-state index is 13.2. The Labute approximate surface area is 267 Å². The van der Waals surface area contributed by atoms with Crippen molar-refractivity contribution in [1.29, 1.82) is 10.5 Å². The Hall–Kier alpha value is -4.72. The molecular formula is C37H33BrN4O2. The minimum atomic E-state index is -0.219. The molecular weight excluding hydrogens is 612 g/mol. The van der Waals surface area contributed by atoms with Gasteiger partial charge in [-0.25, -0.2) is 0 Å². The van der Waals surface area contributed by atoms with Gasteiger partial charge in [-0.15, -0.1) is 0 Å². The molecule has 4 aromatic rings. The van der Waals surface area contributed by atoms with E-state index in [9.17, 15) is 9.59 Å². The number of alkyl halides is 1. The molecule has 7 heteroatoms. The quantitative estimate of drug-likeness (QED) is 0.165. The van der Waals surface area contributed by atoms with Crippen molar-refractivity contribution in [3.8, 4) is 12.1 Å². The number of hydrogen-bond donors (Lipinski definition) is 1. The second-order valence-electron chi connectivity index (χ2n) is 11.0. The maximum Gasteiger partial charge on any atom is 0.234 e. The summed E-state index contributed by atoms with van der Waals surface area (Å²) in [5, 5.41) is 22.0. The molecule has 0 fully saturated rings. The van der Waals surface area contributed by atoms with Crippen LogP contribution in [-0.4, -0.2) is 23.7 Å². The molecule has 0 saturated carbocycles. The molecule has 0 aromatic heterocycles. The molecule has 2 amide bonds. The highest BCUT2D eigenvalue weighted by Gasteiger charge is 2.33. The van der Waals surface area contributed by atoms with Gasteiger partial charge in [0, 0.05) is 23.2 Å². The summed E-state index contributed by atoms with van der Waals surface area (Å²) in [7, 11) is 0. The predicted octanol–water partition coefficient (Wildman–Crippen LogP) is 7.63. The maximum atomic E-state index is 13.2. The lowest BCUT2D eigenvalue weighted by Gasteiger charge is -2.34. The van der Waals surface area contributed by atoms with Crippen LogP contribution in [0.15, 0.2) is 97.1 Å². The molecule has 2 unspecified atom stereocenters. The van der Waals surface area contributed by atoms with Gasteiger partial charge in [0.15, 0.2) is 0 Å². The van der Waals surface area contributed by atoms with Gasteiger partial charge in [-0.05, 0) is 84.3 Å². The summed E-state index contributed by atoms with van der Waals surface area (Å²) >= 11 is 3.46. The number of para-hydroxylation sites is 2. The van der Waals surface area contributed by atoms with Gasteiger partial charge in [-0.3, -0.25) is 9.59 Å². The topological polar surface area (TPSA) is 97.0 Å². The van der Waals surface area contributed by atoms with Crippen molar-refractivity contribution in [2.45, 2.75) is 43.9 Å². The molecule has 6 rings (SSSR count). The van der Waals surface area contributed by atoms with Crippen molar-refractivity contribution >= 4 is 39.1 Å². The van der Waals surface area contributed by atoms with E-state index < -0.39 is 0 Å². The summed E-state index contributed by atoms with van der Waals surface area (Å²) in [5.41, 5.74) is 7.29. The van der Waals surface area contributed by atoms with Crippen molar-refractivity contribution in [2.75, 3.05) is 22.1 Å². The van der Waals surface area contributed by atoms with Crippen molar-refractivity contribution in [2.24, 2.45) is 0 Å². The Bertz CT molecular complexity index is 1740. The zero-order valence-corrected chi connectivity index (χ0v) is 26.0. The van der Waals surface area contributed by atoms with Crippen LogP contribution in [0.4, 0.5) is 11.4 Å². The van der Waals surface area contributed by atoms with Crippen molar-refractivity contribution in [1.82, 2.24) is 0 Å². The number of nitrogens with one attached hydrogen (secondary N) is 1. The lowest BCUT2D eigenvalue weighted by molar-refractivity contribution is -0.120. The SMILES string of the molecule is N#Cc1cccc(C2Cc3ccccc3N(CCCCCBr)C2=O)c1.N#Cc1cccc(C2Cc3ccccc3NC2=O)c1. The average molecular weight is 646 g/mol. The van der Waals surface area contributed by atoms with Crippen LogP contribution in [0, 0.1) is 22.7 Å². The molecule has 2 aliphatic heterocycles. The van der Waals surface area contributed by atoms with Crippen LogP contribution in [0.1, 0.15) is 64.5 Å². The standard InChI is InChI=1S/C21H21BrN2O.C16H12N2O/c22-11-4-1-5-12-24-20-10-3-2-8-18(20)14-19(21(24)25)17-9-6-7-16(13-17)15-23;17-10-11-4-3-6-12(8-11)14-9-13-5-1-2-7-15(13)18-16(14)19/h2-3,6-10,13,19H,1,4-5,11-12,14H2;1-8,14H,9H2,(H,18,19). The number of carbonyl (C=O) groups is 2. The number of hydrogen-bond acceptors (Lipinski definition) is 4. The van der Waals surface area contributed by atoms with Crippen LogP contribution >= 0.6 is 15.9 Å². The number of rotatable bonds is 7. The van der Waals surface area contributed by atoms with Crippen LogP contribution in [-0.2, 0) is 22.4 Å². The van der Waals surface area contributed by atoms with Gasteiger partial charge >= 0.3 is 0 Å². The van der Waals surface area contributed by atoms with E-state index in [0.717, 1.165) is 59.2 Å². The van der Waals surface area contributed by atoms with Gasteiger partial charge in [-0.1, -0.05) is 83.0 Å². The summed E-state index contributed by atoms with van der Waals surface area (Å²) in [4.78, 5) is 27.3. The first-order valence-electron chi connectivity index (χ1n) is 14.9. The molecule has 220 valence electrons. The van der Waals surface area contributed by atoms with Crippen molar-refractivity contribution in [3.05, 3.63) is 130 Å². The molecule has 1 N–H and O–H groups in total. The Morgan fingerprint density at radius 1 is 0.727 bits per heavy atom. The van der Waals surface area contributed by atoms with Crippen LogP contribution < -0.4 is 10.2 Å². The minimum absolute atomic E-state index is 0.00575. The summed E-state index contributed by atoms with van der Waals surface area (Å²) in [6, 6.07) is 35.0. The van der Waals surface area contributed by atoms with Gasteiger partial charge in [0.1, 0.15) is 0 Å². The molecule has 2 aliphatic rings. The Morgan fingerprint density at radius 3 is 2.02 bits per heavy atom.